The molecule has 0 saturated carbocycles. The first-order valence-corrected chi connectivity index (χ1v) is 9.21. The lowest BCUT2D eigenvalue weighted by Crippen LogP contribution is -2.47. The van der Waals surface area contributed by atoms with Gasteiger partial charge in [-0.05, 0) is 37.2 Å². The van der Waals surface area contributed by atoms with Crippen molar-refractivity contribution in [2.24, 2.45) is 0 Å². The van der Waals surface area contributed by atoms with E-state index in [4.69, 9.17) is 0 Å². The fourth-order valence-electron chi connectivity index (χ4n) is 3.79. The van der Waals surface area contributed by atoms with Gasteiger partial charge in [0.15, 0.2) is 0 Å². The molecule has 2 aliphatic rings. The fourth-order valence-corrected chi connectivity index (χ4v) is 3.79. The number of carbonyl (C=O) groups excluding carboxylic acids is 2. The van der Waals surface area contributed by atoms with Crippen molar-refractivity contribution < 1.29 is 9.59 Å². The Labute approximate surface area is 153 Å². The minimum absolute atomic E-state index is 0.378. The maximum Gasteiger partial charge on any atom is 0.299 e. The first-order valence-electron chi connectivity index (χ1n) is 9.21. The van der Waals surface area contributed by atoms with Crippen molar-refractivity contribution in [3.63, 3.8) is 0 Å². The number of piperazine rings is 1. The molecule has 26 heavy (non-hydrogen) atoms. The maximum atomic E-state index is 12.2. The van der Waals surface area contributed by atoms with Crippen LogP contribution in [0.1, 0.15) is 16.8 Å². The van der Waals surface area contributed by atoms with E-state index in [2.05, 4.69) is 34.1 Å². The molecule has 1 amide bonds. The predicted octanol–water partition coefficient (Wildman–Crippen LogP) is 2.43. The molecule has 1 saturated heterocycles. The summed E-state index contributed by atoms with van der Waals surface area (Å²) in [6.45, 7) is 5.64. The van der Waals surface area contributed by atoms with Gasteiger partial charge in [0.25, 0.3) is 11.7 Å². The van der Waals surface area contributed by atoms with Gasteiger partial charge in [-0.1, -0.05) is 30.3 Å². The number of hydrogen-bond donors (Lipinski definition) is 0. The molecule has 2 aliphatic heterocycles. The van der Waals surface area contributed by atoms with Gasteiger partial charge in [0.05, 0.1) is 11.3 Å². The highest BCUT2D eigenvalue weighted by atomic mass is 16.2. The summed E-state index contributed by atoms with van der Waals surface area (Å²) in [6, 6.07) is 17.8. The van der Waals surface area contributed by atoms with Gasteiger partial charge < -0.3 is 9.80 Å². The molecular weight excluding hydrogens is 326 g/mol. The number of fused-ring (bicyclic) bond motifs is 1. The van der Waals surface area contributed by atoms with E-state index < -0.39 is 0 Å². The van der Waals surface area contributed by atoms with E-state index in [0.29, 0.717) is 12.1 Å². The number of benzene rings is 2. The second-order valence-electron chi connectivity index (χ2n) is 6.82. The molecule has 1 fully saturated rings. The second kappa shape index (κ2) is 7.30. The van der Waals surface area contributed by atoms with Crippen LogP contribution in [0.4, 0.5) is 11.4 Å². The summed E-state index contributed by atoms with van der Waals surface area (Å²) >= 11 is 0. The number of hydrogen-bond acceptors (Lipinski definition) is 4. The third kappa shape index (κ3) is 3.22. The molecule has 134 valence electrons. The molecule has 0 N–H and O–H groups in total. The van der Waals surface area contributed by atoms with Crippen LogP contribution in [-0.4, -0.2) is 55.9 Å². The number of para-hydroxylation sites is 2. The van der Waals surface area contributed by atoms with Crippen molar-refractivity contribution in [3.05, 3.63) is 60.2 Å². The second-order valence-corrected chi connectivity index (χ2v) is 6.82. The van der Waals surface area contributed by atoms with Gasteiger partial charge in [0.1, 0.15) is 0 Å². The molecule has 5 heteroatoms. The van der Waals surface area contributed by atoms with Crippen LogP contribution in [0.15, 0.2) is 54.6 Å². The molecule has 0 aliphatic carbocycles. The molecule has 4 rings (SSSR count). The first kappa shape index (κ1) is 16.8. The first-order chi connectivity index (χ1) is 12.7. The molecule has 2 aromatic rings. The Hall–Kier alpha value is -2.66. The van der Waals surface area contributed by atoms with E-state index in [-0.39, 0.29) is 11.7 Å². The summed E-state index contributed by atoms with van der Waals surface area (Å²) in [4.78, 5) is 30.7. The molecule has 0 radical (unpaired) electrons. The zero-order valence-corrected chi connectivity index (χ0v) is 14.8. The molecule has 2 heterocycles. The van der Waals surface area contributed by atoms with Crippen LogP contribution < -0.4 is 9.80 Å². The Morgan fingerprint density at radius 1 is 0.769 bits per heavy atom. The van der Waals surface area contributed by atoms with Gasteiger partial charge in [-0.25, -0.2) is 0 Å². The van der Waals surface area contributed by atoms with Gasteiger partial charge in [-0.2, -0.15) is 0 Å². The molecule has 0 atom stereocenters. The monoisotopic (exact) mass is 349 g/mol. The Bertz CT molecular complexity index is 798. The number of rotatable bonds is 5. The standard InChI is InChI=1S/C21H23N3O2/c25-20-18-9-4-5-10-19(18)24(21(20)26)12-6-11-22-13-15-23(16-14-22)17-7-2-1-3-8-17/h1-5,7-10H,6,11-16H2. The average Bonchev–Trinajstić information content (AvgIpc) is 2.94. The fraction of sp³-hybridized carbons (Fsp3) is 0.333. The molecule has 0 bridgehead atoms. The number of Topliss-reactive ketones (excluding diaryl/α,β-unsaturated/α-hetero) is 1. The minimum atomic E-state index is -0.389. The summed E-state index contributed by atoms with van der Waals surface area (Å²) in [6.07, 6.45) is 0.874. The SMILES string of the molecule is O=C1C(=O)N(CCCN2CCN(c3ccccc3)CC2)c2ccccc21. The molecular formula is C21H23N3O2. The molecule has 2 aromatic carbocycles. The van der Waals surface area contributed by atoms with Gasteiger partial charge in [-0.3, -0.25) is 14.5 Å². The maximum absolute atomic E-state index is 12.2. The van der Waals surface area contributed by atoms with E-state index in [1.165, 1.54) is 5.69 Å². The topological polar surface area (TPSA) is 43.9 Å². The van der Waals surface area contributed by atoms with E-state index >= 15 is 0 Å². The summed E-state index contributed by atoms with van der Waals surface area (Å²) in [5, 5.41) is 0. The number of ketones is 1. The van der Waals surface area contributed by atoms with Gasteiger partial charge in [0.2, 0.25) is 0 Å². The molecule has 5 nitrogen and oxygen atoms in total. The Balaban J connectivity index is 1.27. The minimum Gasteiger partial charge on any atom is -0.369 e. The number of nitrogens with zero attached hydrogens (tertiary/aromatic N) is 3. The third-order valence-electron chi connectivity index (χ3n) is 5.23. The largest absolute Gasteiger partial charge is 0.369 e. The van der Waals surface area contributed by atoms with Crippen LogP contribution in [0.25, 0.3) is 0 Å². The van der Waals surface area contributed by atoms with Crippen LogP contribution in [-0.2, 0) is 4.79 Å². The van der Waals surface area contributed by atoms with Crippen LogP contribution in [0.3, 0.4) is 0 Å². The van der Waals surface area contributed by atoms with Crippen LogP contribution in [0.2, 0.25) is 0 Å². The summed E-state index contributed by atoms with van der Waals surface area (Å²) in [7, 11) is 0. The van der Waals surface area contributed by atoms with Crippen molar-refractivity contribution in [1.82, 2.24) is 4.90 Å². The lowest BCUT2D eigenvalue weighted by atomic mass is 10.1. The van der Waals surface area contributed by atoms with Crippen LogP contribution in [0, 0.1) is 0 Å². The highest BCUT2D eigenvalue weighted by molar-refractivity contribution is 6.52. The normalized spacial score (nSPS) is 17.7. The van der Waals surface area contributed by atoms with Crippen molar-refractivity contribution >= 4 is 23.1 Å². The predicted molar refractivity (Wildman–Crippen MR) is 103 cm³/mol. The summed E-state index contributed by atoms with van der Waals surface area (Å²) < 4.78 is 0. The third-order valence-corrected chi connectivity index (χ3v) is 5.23. The lowest BCUT2D eigenvalue weighted by molar-refractivity contribution is -0.114. The van der Waals surface area contributed by atoms with E-state index in [1.54, 1.807) is 17.0 Å². The van der Waals surface area contributed by atoms with Gasteiger partial charge >= 0.3 is 0 Å². The Morgan fingerprint density at radius 2 is 1.46 bits per heavy atom. The molecule has 0 spiro atoms. The zero-order valence-electron chi connectivity index (χ0n) is 14.8. The Morgan fingerprint density at radius 3 is 2.23 bits per heavy atom. The summed E-state index contributed by atoms with van der Waals surface area (Å²) in [5.74, 6) is -0.767. The van der Waals surface area contributed by atoms with Crippen molar-refractivity contribution in [2.45, 2.75) is 6.42 Å². The average molecular weight is 349 g/mol. The van der Waals surface area contributed by atoms with E-state index in [9.17, 15) is 9.59 Å². The molecule has 0 aromatic heterocycles. The van der Waals surface area contributed by atoms with Gasteiger partial charge in [0, 0.05) is 38.4 Å². The summed E-state index contributed by atoms with van der Waals surface area (Å²) in [5.41, 5.74) is 2.58. The highest BCUT2D eigenvalue weighted by Gasteiger charge is 2.34. The smallest absolute Gasteiger partial charge is 0.299 e. The number of carbonyl (C=O) groups is 2. The van der Waals surface area contributed by atoms with Crippen molar-refractivity contribution in [3.8, 4) is 0 Å². The number of anilines is 2. The van der Waals surface area contributed by atoms with Gasteiger partial charge in [-0.15, -0.1) is 0 Å². The lowest BCUT2D eigenvalue weighted by Gasteiger charge is -2.36. The Kier molecular flexibility index (Phi) is 4.71. The molecule has 0 unspecified atom stereocenters. The number of amides is 1. The van der Waals surface area contributed by atoms with Crippen LogP contribution in [0.5, 0.6) is 0 Å². The van der Waals surface area contributed by atoms with Crippen molar-refractivity contribution in [2.75, 3.05) is 49.1 Å². The van der Waals surface area contributed by atoms with E-state index in [1.807, 2.05) is 18.2 Å². The van der Waals surface area contributed by atoms with E-state index in [0.717, 1.165) is 44.8 Å². The highest BCUT2D eigenvalue weighted by Crippen LogP contribution is 2.28. The quantitative estimate of drug-likeness (QED) is 0.778. The zero-order chi connectivity index (χ0) is 17.9. The van der Waals surface area contributed by atoms with Crippen LogP contribution >= 0.6 is 0 Å². The van der Waals surface area contributed by atoms with Crippen molar-refractivity contribution in [1.29, 1.82) is 0 Å².